The summed E-state index contributed by atoms with van der Waals surface area (Å²) in [4.78, 5) is 0. The van der Waals surface area contributed by atoms with Crippen LogP contribution < -0.4 is 5.73 Å². The molecule has 0 amide bonds. The molecule has 1 unspecified atom stereocenters. The molecule has 4 heteroatoms. The Morgan fingerprint density at radius 2 is 1.94 bits per heavy atom. The lowest BCUT2D eigenvalue weighted by molar-refractivity contribution is 0.184. The summed E-state index contributed by atoms with van der Waals surface area (Å²) in [6, 6.07) is 0.00876. The Hall–Kier alpha value is -1.42. The van der Waals surface area contributed by atoms with Crippen molar-refractivity contribution in [3.8, 4) is 0 Å². The quantitative estimate of drug-likeness (QED) is 0.798. The summed E-state index contributed by atoms with van der Waals surface area (Å²) in [5.41, 5.74) is 7.09. The third-order valence-electron chi connectivity index (χ3n) is 2.84. The first-order chi connectivity index (χ1) is 8.17. The Morgan fingerprint density at radius 3 is 2.41 bits per heavy atom. The van der Waals surface area contributed by atoms with E-state index in [9.17, 15) is 0 Å². The molecule has 17 heavy (non-hydrogen) atoms. The highest BCUT2D eigenvalue weighted by atomic mass is 16.5. The first-order valence-electron chi connectivity index (χ1n) is 5.70. The molecule has 1 atom stereocenters. The lowest BCUT2D eigenvalue weighted by Crippen LogP contribution is -2.20. The maximum atomic E-state index is 6.04. The van der Waals surface area contributed by atoms with E-state index >= 15 is 0 Å². The molecule has 0 fully saturated rings. The van der Waals surface area contributed by atoms with E-state index in [0.717, 1.165) is 17.8 Å². The number of ether oxygens (including phenoxy) is 3. The van der Waals surface area contributed by atoms with Gasteiger partial charge in [-0.05, 0) is 18.1 Å². The van der Waals surface area contributed by atoms with Crippen molar-refractivity contribution < 1.29 is 14.2 Å². The third kappa shape index (κ3) is 3.03. The second-order valence-electron chi connectivity index (χ2n) is 3.80. The predicted molar refractivity (Wildman–Crippen MR) is 67.1 cm³/mol. The van der Waals surface area contributed by atoms with Crippen LogP contribution in [0.2, 0.25) is 0 Å². The number of allylic oxidation sites excluding steroid dienone is 1. The standard InChI is InChI=1S/C13H21NO3/c1-5-10(14)9-6-7-11(15-2)13(17-4)12(8-9)16-3/h6,8,10H,5,7,14H2,1-4H3. The van der Waals surface area contributed by atoms with Crippen LogP contribution in [0.15, 0.2) is 35.0 Å². The molecule has 0 bridgehead atoms. The molecule has 0 radical (unpaired) electrons. The van der Waals surface area contributed by atoms with Crippen LogP contribution in [0.5, 0.6) is 0 Å². The Balaban J connectivity index is 3.12. The van der Waals surface area contributed by atoms with E-state index in [0.29, 0.717) is 17.9 Å². The van der Waals surface area contributed by atoms with Gasteiger partial charge in [-0.15, -0.1) is 0 Å². The topological polar surface area (TPSA) is 53.7 Å². The van der Waals surface area contributed by atoms with E-state index in [4.69, 9.17) is 19.9 Å². The summed E-state index contributed by atoms with van der Waals surface area (Å²) >= 11 is 0. The second-order valence-corrected chi connectivity index (χ2v) is 3.80. The van der Waals surface area contributed by atoms with Crippen LogP contribution in [0.3, 0.4) is 0 Å². The highest BCUT2D eigenvalue weighted by Gasteiger charge is 2.19. The van der Waals surface area contributed by atoms with E-state index in [1.54, 1.807) is 21.3 Å². The summed E-state index contributed by atoms with van der Waals surface area (Å²) in [6.45, 7) is 2.05. The van der Waals surface area contributed by atoms with Crippen molar-refractivity contribution in [3.05, 3.63) is 35.0 Å². The van der Waals surface area contributed by atoms with Crippen LogP contribution in [0, 0.1) is 0 Å². The van der Waals surface area contributed by atoms with Gasteiger partial charge in [-0.2, -0.15) is 0 Å². The zero-order valence-electron chi connectivity index (χ0n) is 10.9. The van der Waals surface area contributed by atoms with E-state index < -0.39 is 0 Å². The summed E-state index contributed by atoms with van der Waals surface area (Å²) in [5, 5.41) is 0. The average molecular weight is 239 g/mol. The molecule has 1 aliphatic rings. The van der Waals surface area contributed by atoms with Crippen LogP contribution in [0.25, 0.3) is 0 Å². The molecule has 1 rings (SSSR count). The van der Waals surface area contributed by atoms with Crippen LogP contribution in [0.1, 0.15) is 19.8 Å². The summed E-state index contributed by atoms with van der Waals surface area (Å²) in [5.74, 6) is 2.03. The molecule has 0 aromatic carbocycles. The van der Waals surface area contributed by atoms with Crippen LogP contribution in [-0.4, -0.2) is 27.4 Å². The molecular formula is C13H21NO3. The Labute approximate surface area is 103 Å². The normalized spacial score (nSPS) is 17.9. The maximum Gasteiger partial charge on any atom is 0.199 e. The molecule has 0 spiro atoms. The maximum absolute atomic E-state index is 6.04. The van der Waals surface area contributed by atoms with Gasteiger partial charge >= 0.3 is 0 Å². The molecule has 2 N–H and O–H groups in total. The third-order valence-corrected chi connectivity index (χ3v) is 2.84. The molecule has 96 valence electrons. The SMILES string of the molecule is CCC(N)C1=CCC(OC)=C(OC)C(OC)=C1. The van der Waals surface area contributed by atoms with E-state index in [2.05, 4.69) is 13.0 Å². The van der Waals surface area contributed by atoms with Gasteiger partial charge in [0.05, 0.1) is 21.3 Å². The van der Waals surface area contributed by atoms with Gasteiger partial charge in [0.1, 0.15) is 5.76 Å². The van der Waals surface area contributed by atoms with Crippen molar-refractivity contribution in [1.29, 1.82) is 0 Å². The fraction of sp³-hybridized carbons (Fsp3) is 0.538. The molecule has 0 saturated carbocycles. The van der Waals surface area contributed by atoms with Crippen LogP contribution in [0.4, 0.5) is 0 Å². The Morgan fingerprint density at radius 1 is 1.24 bits per heavy atom. The molecule has 0 aromatic heterocycles. The van der Waals surface area contributed by atoms with E-state index in [1.807, 2.05) is 6.08 Å². The molecule has 1 aliphatic carbocycles. The Bertz CT molecular complexity index is 356. The van der Waals surface area contributed by atoms with Gasteiger partial charge in [0.2, 0.25) is 0 Å². The number of methoxy groups -OCH3 is 3. The lowest BCUT2D eigenvalue weighted by Gasteiger charge is -2.13. The summed E-state index contributed by atoms with van der Waals surface area (Å²) in [7, 11) is 4.84. The minimum Gasteiger partial charge on any atom is -0.497 e. The average Bonchev–Trinajstić information content (AvgIpc) is 2.55. The van der Waals surface area contributed by atoms with E-state index in [-0.39, 0.29) is 6.04 Å². The molecule has 0 aromatic rings. The monoisotopic (exact) mass is 239 g/mol. The molecule has 4 nitrogen and oxygen atoms in total. The van der Waals surface area contributed by atoms with Gasteiger partial charge in [-0.3, -0.25) is 0 Å². The van der Waals surface area contributed by atoms with Crippen LogP contribution in [-0.2, 0) is 14.2 Å². The zero-order valence-corrected chi connectivity index (χ0v) is 10.9. The van der Waals surface area contributed by atoms with Gasteiger partial charge in [0.25, 0.3) is 0 Å². The predicted octanol–water partition coefficient (Wildman–Crippen LogP) is 2.09. The number of rotatable bonds is 5. The fourth-order valence-electron chi connectivity index (χ4n) is 1.75. The first-order valence-corrected chi connectivity index (χ1v) is 5.70. The highest BCUT2D eigenvalue weighted by Crippen LogP contribution is 2.26. The minimum atomic E-state index is 0.00876. The molecule has 0 aliphatic heterocycles. The lowest BCUT2D eigenvalue weighted by atomic mass is 10.0. The van der Waals surface area contributed by atoms with Gasteiger partial charge < -0.3 is 19.9 Å². The van der Waals surface area contributed by atoms with Crippen molar-refractivity contribution >= 4 is 0 Å². The molecule has 0 saturated heterocycles. The zero-order chi connectivity index (χ0) is 12.8. The van der Waals surface area contributed by atoms with Gasteiger partial charge in [0.15, 0.2) is 11.5 Å². The largest absolute Gasteiger partial charge is 0.497 e. The van der Waals surface area contributed by atoms with Crippen molar-refractivity contribution in [2.45, 2.75) is 25.8 Å². The van der Waals surface area contributed by atoms with Gasteiger partial charge in [-0.1, -0.05) is 13.0 Å². The summed E-state index contributed by atoms with van der Waals surface area (Å²) < 4.78 is 16.0. The second kappa shape index (κ2) is 6.35. The molecule has 0 heterocycles. The number of hydrogen-bond donors (Lipinski definition) is 1. The fourth-order valence-corrected chi connectivity index (χ4v) is 1.75. The number of nitrogens with two attached hydrogens (primary N) is 1. The van der Waals surface area contributed by atoms with Crippen LogP contribution >= 0.6 is 0 Å². The Kier molecular flexibility index (Phi) is 5.10. The number of hydrogen-bond acceptors (Lipinski definition) is 4. The van der Waals surface area contributed by atoms with Crippen molar-refractivity contribution in [1.82, 2.24) is 0 Å². The van der Waals surface area contributed by atoms with Gasteiger partial charge in [-0.25, -0.2) is 0 Å². The summed E-state index contributed by atoms with van der Waals surface area (Å²) in [6.07, 6.45) is 5.51. The van der Waals surface area contributed by atoms with Crippen molar-refractivity contribution in [3.63, 3.8) is 0 Å². The van der Waals surface area contributed by atoms with Gasteiger partial charge in [0, 0.05) is 12.5 Å². The van der Waals surface area contributed by atoms with Crippen molar-refractivity contribution in [2.24, 2.45) is 5.73 Å². The smallest absolute Gasteiger partial charge is 0.199 e. The highest BCUT2D eigenvalue weighted by molar-refractivity contribution is 5.38. The first kappa shape index (κ1) is 13.6. The minimum absolute atomic E-state index is 0.00876. The van der Waals surface area contributed by atoms with E-state index in [1.165, 1.54) is 0 Å². The molecular weight excluding hydrogens is 218 g/mol. The van der Waals surface area contributed by atoms with Crippen molar-refractivity contribution in [2.75, 3.05) is 21.3 Å².